The van der Waals surface area contributed by atoms with Crippen LogP contribution in [0.2, 0.25) is 0 Å². The van der Waals surface area contributed by atoms with E-state index in [1.165, 1.54) is 30.7 Å². The van der Waals surface area contributed by atoms with Crippen LogP contribution in [0.15, 0.2) is 30.7 Å². The van der Waals surface area contributed by atoms with E-state index < -0.39 is 17.9 Å². The van der Waals surface area contributed by atoms with Crippen LogP contribution in [0.1, 0.15) is 16.1 Å². The molecule has 0 saturated heterocycles. The number of phenols is 2. The molecule has 1 unspecified atom stereocenters. The summed E-state index contributed by atoms with van der Waals surface area (Å²) in [5, 5.41) is 30.1. The van der Waals surface area contributed by atoms with Gasteiger partial charge in [-0.25, -0.2) is 9.78 Å². The summed E-state index contributed by atoms with van der Waals surface area (Å²) in [4.78, 5) is 29.3. The molecule has 21 heavy (non-hydrogen) atoms. The molecule has 8 nitrogen and oxygen atoms in total. The van der Waals surface area contributed by atoms with E-state index in [-0.39, 0.29) is 23.6 Å². The minimum atomic E-state index is -1.21. The fourth-order valence-electron chi connectivity index (χ4n) is 1.75. The molecular weight excluding hydrogens is 278 g/mol. The number of nitrogens with one attached hydrogen (secondary N) is 2. The van der Waals surface area contributed by atoms with Gasteiger partial charge in [0.25, 0.3) is 5.91 Å². The van der Waals surface area contributed by atoms with Crippen molar-refractivity contribution in [2.45, 2.75) is 12.5 Å². The van der Waals surface area contributed by atoms with Crippen LogP contribution in [0.25, 0.3) is 0 Å². The number of carbonyl (C=O) groups is 2. The number of H-pyrrole nitrogens is 1. The number of nitrogens with zero attached hydrogens (tertiary/aromatic N) is 1. The van der Waals surface area contributed by atoms with Crippen molar-refractivity contribution in [3.63, 3.8) is 0 Å². The molecule has 1 aromatic heterocycles. The lowest BCUT2D eigenvalue weighted by atomic mass is 10.1. The number of aromatic amines is 1. The van der Waals surface area contributed by atoms with Crippen molar-refractivity contribution in [3.05, 3.63) is 42.0 Å². The standard InChI is InChI=1S/C13H13N3O5/c17-10-2-1-7(4-11(10)18)3-8(13(20)21)16-12(19)9-5-14-6-15-9/h1-2,4-6,8,17-18H,3H2,(H,14,15)(H,16,19)(H,20,21). The summed E-state index contributed by atoms with van der Waals surface area (Å²) in [6.45, 7) is 0. The number of carboxylic acid groups (broad SMARTS) is 1. The van der Waals surface area contributed by atoms with Gasteiger partial charge in [0.15, 0.2) is 11.5 Å². The van der Waals surface area contributed by atoms with E-state index in [0.29, 0.717) is 5.56 Å². The van der Waals surface area contributed by atoms with Crippen LogP contribution in [-0.4, -0.2) is 43.2 Å². The zero-order chi connectivity index (χ0) is 15.4. The molecule has 1 amide bonds. The zero-order valence-corrected chi connectivity index (χ0v) is 10.8. The Hall–Kier alpha value is -3.03. The van der Waals surface area contributed by atoms with Crippen LogP contribution in [0.5, 0.6) is 11.5 Å². The number of aliphatic carboxylic acids is 1. The van der Waals surface area contributed by atoms with Crippen LogP contribution in [0.3, 0.4) is 0 Å². The number of aromatic nitrogens is 2. The molecule has 0 radical (unpaired) electrons. The minimum absolute atomic E-state index is 0.0386. The average molecular weight is 291 g/mol. The molecule has 0 aliphatic carbocycles. The van der Waals surface area contributed by atoms with Crippen molar-refractivity contribution in [2.24, 2.45) is 0 Å². The summed E-state index contributed by atoms with van der Waals surface area (Å²) < 4.78 is 0. The van der Waals surface area contributed by atoms with Crippen molar-refractivity contribution in [1.82, 2.24) is 15.3 Å². The Bertz CT molecular complexity index is 654. The fraction of sp³-hybridized carbons (Fsp3) is 0.154. The predicted molar refractivity (Wildman–Crippen MR) is 71.0 cm³/mol. The minimum Gasteiger partial charge on any atom is -0.504 e. The highest BCUT2D eigenvalue weighted by atomic mass is 16.4. The Balaban J connectivity index is 2.10. The summed E-state index contributed by atoms with van der Waals surface area (Å²) in [6.07, 6.45) is 2.55. The number of aromatic hydroxyl groups is 2. The monoisotopic (exact) mass is 291 g/mol. The first kappa shape index (κ1) is 14.4. The third-order valence-electron chi connectivity index (χ3n) is 2.83. The summed E-state index contributed by atoms with van der Waals surface area (Å²) in [5.41, 5.74) is 0.609. The molecule has 0 bridgehead atoms. The van der Waals surface area contributed by atoms with Gasteiger partial charge in [0.1, 0.15) is 11.7 Å². The van der Waals surface area contributed by atoms with Gasteiger partial charge in [-0.05, 0) is 17.7 Å². The topological polar surface area (TPSA) is 136 Å². The molecule has 5 N–H and O–H groups in total. The van der Waals surface area contributed by atoms with Gasteiger partial charge in [0.05, 0.1) is 12.5 Å². The second kappa shape index (κ2) is 5.95. The van der Waals surface area contributed by atoms with Crippen molar-refractivity contribution < 1.29 is 24.9 Å². The quantitative estimate of drug-likeness (QED) is 0.501. The van der Waals surface area contributed by atoms with Gasteiger partial charge in [0.2, 0.25) is 0 Å². The maximum absolute atomic E-state index is 11.8. The molecule has 0 fully saturated rings. The maximum Gasteiger partial charge on any atom is 0.326 e. The van der Waals surface area contributed by atoms with E-state index in [9.17, 15) is 19.8 Å². The van der Waals surface area contributed by atoms with Crippen LogP contribution in [0.4, 0.5) is 0 Å². The smallest absolute Gasteiger partial charge is 0.326 e. The molecule has 8 heteroatoms. The number of imidazole rings is 1. The van der Waals surface area contributed by atoms with E-state index in [1.54, 1.807) is 0 Å². The number of amides is 1. The molecule has 1 atom stereocenters. The number of phenolic OH excluding ortho intramolecular Hbond substituents is 2. The molecule has 110 valence electrons. The van der Waals surface area contributed by atoms with Gasteiger partial charge in [-0.2, -0.15) is 0 Å². The Morgan fingerprint density at radius 1 is 1.29 bits per heavy atom. The lowest BCUT2D eigenvalue weighted by Gasteiger charge is -2.14. The third kappa shape index (κ3) is 3.50. The summed E-state index contributed by atoms with van der Waals surface area (Å²) in [5.74, 6) is -2.46. The fourth-order valence-corrected chi connectivity index (χ4v) is 1.75. The van der Waals surface area contributed by atoms with Crippen molar-refractivity contribution in [2.75, 3.05) is 0 Å². The molecule has 2 rings (SSSR count). The van der Waals surface area contributed by atoms with Gasteiger partial charge in [-0.15, -0.1) is 0 Å². The molecule has 1 heterocycles. The largest absolute Gasteiger partial charge is 0.504 e. The number of hydrogen-bond donors (Lipinski definition) is 5. The lowest BCUT2D eigenvalue weighted by Crippen LogP contribution is -2.42. The van der Waals surface area contributed by atoms with Gasteiger partial charge in [-0.3, -0.25) is 4.79 Å². The molecule has 0 spiro atoms. The van der Waals surface area contributed by atoms with Crippen molar-refractivity contribution >= 4 is 11.9 Å². The molecular formula is C13H13N3O5. The van der Waals surface area contributed by atoms with Crippen molar-refractivity contribution in [3.8, 4) is 11.5 Å². The Morgan fingerprint density at radius 3 is 2.62 bits per heavy atom. The number of carbonyl (C=O) groups excluding carboxylic acids is 1. The van der Waals surface area contributed by atoms with E-state index in [1.807, 2.05) is 0 Å². The zero-order valence-electron chi connectivity index (χ0n) is 10.8. The highest BCUT2D eigenvalue weighted by Crippen LogP contribution is 2.25. The van der Waals surface area contributed by atoms with Crippen LogP contribution < -0.4 is 5.32 Å². The summed E-state index contributed by atoms with van der Waals surface area (Å²) in [7, 11) is 0. The first-order chi connectivity index (χ1) is 9.97. The molecule has 1 aromatic carbocycles. The highest BCUT2D eigenvalue weighted by molar-refractivity contribution is 5.94. The Labute approximate surface area is 119 Å². The molecule has 0 aliphatic rings. The second-order valence-corrected chi connectivity index (χ2v) is 4.36. The number of benzene rings is 1. The SMILES string of the molecule is O=C(NC(Cc1ccc(O)c(O)c1)C(=O)O)c1cnc[nH]1. The predicted octanol–water partition coefficient (Wildman–Crippen LogP) is 0.247. The summed E-state index contributed by atoms with van der Waals surface area (Å²) >= 11 is 0. The van der Waals surface area contributed by atoms with E-state index in [0.717, 1.165) is 0 Å². The Morgan fingerprint density at radius 2 is 2.05 bits per heavy atom. The van der Waals surface area contributed by atoms with Crippen LogP contribution >= 0.6 is 0 Å². The normalized spacial score (nSPS) is 11.8. The molecule has 0 aliphatic heterocycles. The average Bonchev–Trinajstić information content (AvgIpc) is 2.96. The van der Waals surface area contributed by atoms with E-state index >= 15 is 0 Å². The molecule has 0 saturated carbocycles. The number of rotatable bonds is 5. The van der Waals surface area contributed by atoms with Crippen LogP contribution in [0, 0.1) is 0 Å². The first-order valence-electron chi connectivity index (χ1n) is 6.00. The lowest BCUT2D eigenvalue weighted by molar-refractivity contribution is -0.139. The maximum atomic E-state index is 11.8. The van der Waals surface area contributed by atoms with E-state index in [2.05, 4.69) is 15.3 Å². The number of carboxylic acids is 1. The van der Waals surface area contributed by atoms with E-state index in [4.69, 9.17) is 5.11 Å². The number of hydrogen-bond acceptors (Lipinski definition) is 5. The van der Waals surface area contributed by atoms with Crippen LogP contribution in [-0.2, 0) is 11.2 Å². The highest BCUT2D eigenvalue weighted by Gasteiger charge is 2.22. The van der Waals surface area contributed by atoms with Gasteiger partial charge >= 0.3 is 5.97 Å². The third-order valence-corrected chi connectivity index (χ3v) is 2.83. The first-order valence-corrected chi connectivity index (χ1v) is 6.00. The van der Waals surface area contributed by atoms with Crippen molar-refractivity contribution in [1.29, 1.82) is 0 Å². The molecule has 2 aromatic rings. The summed E-state index contributed by atoms with van der Waals surface area (Å²) in [6, 6.07) is 2.78. The van der Waals surface area contributed by atoms with Gasteiger partial charge in [-0.1, -0.05) is 6.07 Å². The van der Waals surface area contributed by atoms with Gasteiger partial charge < -0.3 is 25.6 Å². The van der Waals surface area contributed by atoms with Gasteiger partial charge in [0, 0.05) is 6.42 Å². The second-order valence-electron chi connectivity index (χ2n) is 4.36. The Kier molecular flexibility index (Phi) is 4.07.